The second-order valence-corrected chi connectivity index (χ2v) is 7.86. The van der Waals surface area contributed by atoms with Crippen molar-refractivity contribution in [3.05, 3.63) is 53.7 Å². The molecule has 6 nitrogen and oxygen atoms in total. The minimum Gasteiger partial charge on any atom is -0.496 e. The smallest absolute Gasteiger partial charge is 0.226 e. The number of rotatable bonds is 7. The Hall–Kier alpha value is -2.89. The molecule has 1 N–H and O–H groups in total. The zero-order chi connectivity index (χ0) is 20.1. The number of hydrogen-bond donors (Lipinski definition) is 1. The molecule has 0 saturated carbocycles. The van der Waals surface area contributed by atoms with Gasteiger partial charge in [-0.3, -0.25) is 4.79 Å². The van der Waals surface area contributed by atoms with Gasteiger partial charge in [-0.1, -0.05) is 56.3 Å². The molecule has 0 bridgehead atoms. The van der Waals surface area contributed by atoms with Gasteiger partial charge in [-0.25, -0.2) is 0 Å². The predicted molar refractivity (Wildman–Crippen MR) is 108 cm³/mol. The number of nitrogens with zero attached hydrogens (tertiary/aromatic N) is 2. The number of amides is 1. The van der Waals surface area contributed by atoms with Crippen LogP contribution in [0.25, 0.3) is 10.8 Å². The Morgan fingerprint density at radius 2 is 1.96 bits per heavy atom. The molecular formula is C22H27N3O3. The van der Waals surface area contributed by atoms with Crippen LogP contribution < -0.4 is 10.1 Å². The van der Waals surface area contributed by atoms with Gasteiger partial charge in [0.15, 0.2) is 5.82 Å². The number of carbonyl (C=O) groups excluding carboxylic acids is 1. The van der Waals surface area contributed by atoms with Crippen LogP contribution in [0.4, 0.5) is 0 Å². The van der Waals surface area contributed by atoms with Gasteiger partial charge in [-0.2, -0.15) is 4.98 Å². The molecule has 3 aromatic rings. The monoisotopic (exact) mass is 381 g/mol. The Balaban J connectivity index is 1.55. The predicted octanol–water partition coefficient (Wildman–Crippen LogP) is 4.17. The van der Waals surface area contributed by atoms with Crippen LogP contribution in [0.2, 0.25) is 0 Å². The molecule has 6 heteroatoms. The van der Waals surface area contributed by atoms with Gasteiger partial charge in [0.05, 0.1) is 7.11 Å². The van der Waals surface area contributed by atoms with E-state index < -0.39 is 0 Å². The van der Waals surface area contributed by atoms with Crippen molar-refractivity contribution in [1.29, 1.82) is 0 Å². The lowest BCUT2D eigenvalue weighted by Crippen LogP contribution is -2.23. The fraction of sp³-hybridized carbons (Fsp3) is 0.409. The van der Waals surface area contributed by atoms with Gasteiger partial charge in [-0.05, 0) is 23.3 Å². The van der Waals surface area contributed by atoms with Crippen LogP contribution in [0, 0.1) is 0 Å². The lowest BCUT2D eigenvalue weighted by Gasteiger charge is -2.13. The molecule has 1 aromatic heterocycles. The first-order chi connectivity index (χ1) is 13.4. The summed E-state index contributed by atoms with van der Waals surface area (Å²) in [5.41, 5.74) is 0.845. The van der Waals surface area contributed by atoms with Crippen LogP contribution in [0.1, 0.15) is 50.9 Å². The largest absolute Gasteiger partial charge is 0.496 e. The van der Waals surface area contributed by atoms with Gasteiger partial charge in [-0.15, -0.1) is 0 Å². The Kier molecular flexibility index (Phi) is 5.97. The Morgan fingerprint density at radius 1 is 1.18 bits per heavy atom. The van der Waals surface area contributed by atoms with Gasteiger partial charge in [0.2, 0.25) is 11.8 Å². The second kappa shape index (κ2) is 8.42. The fourth-order valence-electron chi connectivity index (χ4n) is 3.03. The summed E-state index contributed by atoms with van der Waals surface area (Å²) in [5.74, 6) is 2.04. The number of nitrogens with one attached hydrogen (secondary N) is 1. The minimum atomic E-state index is -0.142. The van der Waals surface area contributed by atoms with Crippen molar-refractivity contribution >= 4 is 16.7 Å². The minimum absolute atomic E-state index is 0.00875. The van der Waals surface area contributed by atoms with E-state index in [-0.39, 0.29) is 11.3 Å². The summed E-state index contributed by atoms with van der Waals surface area (Å²) in [6, 6.07) is 12.0. The second-order valence-electron chi connectivity index (χ2n) is 7.86. The highest BCUT2D eigenvalue weighted by Gasteiger charge is 2.20. The molecule has 3 rings (SSSR count). The van der Waals surface area contributed by atoms with Gasteiger partial charge in [0.1, 0.15) is 5.75 Å². The molecular weight excluding hydrogens is 354 g/mol. The van der Waals surface area contributed by atoms with Gasteiger partial charge < -0.3 is 14.6 Å². The molecule has 0 radical (unpaired) electrons. The van der Waals surface area contributed by atoms with E-state index in [1.165, 1.54) is 0 Å². The van der Waals surface area contributed by atoms with Gasteiger partial charge in [0, 0.05) is 30.4 Å². The molecule has 0 aliphatic rings. The summed E-state index contributed by atoms with van der Waals surface area (Å²) in [6.45, 7) is 6.54. The van der Waals surface area contributed by atoms with E-state index in [0.29, 0.717) is 37.5 Å². The van der Waals surface area contributed by atoms with E-state index in [2.05, 4.69) is 21.5 Å². The summed E-state index contributed by atoms with van der Waals surface area (Å²) in [4.78, 5) is 16.7. The highest BCUT2D eigenvalue weighted by Crippen LogP contribution is 2.27. The zero-order valence-electron chi connectivity index (χ0n) is 16.9. The third kappa shape index (κ3) is 4.68. The van der Waals surface area contributed by atoms with Crippen LogP contribution in [0.15, 0.2) is 40.9 Å². The van der Waals surface area contributed by atoms with Gasteiger partial charge in [0.25, 0.3) is 0 Å². The van der Waals surface area contributed by atoms with E-state index in [0.717, 1.165) is 22.1 Å². The Labute approximate surface area is 165 Å². The molecule has 28 heavy (non-hydrogen) atoms. The zero-order valence-corrected chi connectivity index (χ0v) is 16.9. The van der Waals surface area contributed by atoms with Crippen molar-refractivity contribution in [2.75, 3.05) is 7.11 Å². The van der Waals surface area contributed by atoms with Crippen LogP contribution >= 0.6 is 0 Å². The molecule has 1 heterocycles. The average Bonchev–Trinajstić information content (AvgIpc) is 3.15. The molecule has 0 aliphatic heterocycles. The maximum Gasteiger partial charge on any atom is 0.226 e. The van der Waals surface area contributed by atoms with E-state index in [9.17, 15) is 4.79 Å². The summed E-state index contributed by atoms with van der Waals surface area (Å²) in [5, 5.41) is 9.21. The van der Waals surface area contributed by atoms with E-state index in [4.69, 9.17) is 9.26 Å². The van der Waals surface area contributed by atoms with Gasteiger partial charge >= 0.3 is 0 Å². The quantitative estimate of drug-likeness (QED) is 0.665. The summed E-state index contributed by atoms with van der Waals surface area (Å²) in [7, 11) is 1.64. The number of fused-ring (bicyclic) bond motifs is 1. The third-order valence-corrected chi connectivity index (χ3v) is 4.61. The first kappa shape index (κ1) is 19.9. The topological polar surface area (TPSA) is 77.2 Å². The standard InChI is InChI=1S/C22H27N3O3/c1-22(2,3)21-24-20(28-25-21)11-7-10-19(26)23-14-17-16-9-6-5-8-15(16)12-13-18(17)27-4/h5-6,8-9,12-13H,7,10-11,14H2,1-4H3,(H,23,26). The van der Waals surface area contributed by atoms with Crippen molar-refractivity contribution in [2.24, 2.45) is 0 Å². The average molecular weight is 381 g/mol. The summed E-state index contributed by atoms with van der Waals surface area (Å²) >= 11 is 0. The summed E-state index contributed by atoms with van der Waals surface area (Å²) in [6.07, 6.45) is 1.65. The maximum absolute atomic E-state index is 12.3. The number of methoxy groups -OCH3 is 1. The molecule has 0 atom stereocenters. The third-order valence-electron chi connectivity index (χ3n) is 4.61. The molecule has 0 spiro atoms. The van der Waals surface area contributed by atoms with Crippen LogP contribution in [0.5, 0.6) is 5.75 Å². The molecule has 148 valence electrons. The van der Waals surface area contributed by atoms with Crippen molar-refractivity contribution in [1.82, 2.24) is 15.5 Å². The number of aromatic nitrogens is 2. The first-order valence-corrected chi connectivity index (χ1v) is 9.53. The number of carbonyl (C=O) groups is 1. The lowest BCUT2D eigenvalue weighted by molar-refractivity contribution is -0.121. The normalized spacial score (nSPS) is 11.6. The van der Waals surface area contributed by atoms with E-state index in [1.54, 1.807) is 7.11 Å². The number of hydrogen-bond acceptors (Lipinski definition) is 5. The van der Waals surface area contributed by atoms with Crippen molar-refractivity contribution in [3.8, 4) is 5.75 Å². The SMILES string of the molecule is COc1ccc2ccccc2c1CNC(=O)CCCc1nc(C(C)(C)C)no1. The first-order valence-electron chi connectivity index (χ1n) is 9.53. The Morgan fingerprint density at radius 3 is 2.68 bits per heavy atom. The Bertz CT molecular complexity index is 957. The maximum atomic E-state index is 12.3. The van der Waals surface area contributed by atoms with Crippen molar-refractivity contribution < 1.29 is 14.1 Å². The van der Waals surface area contributed by atoms with E-state index >= 15 is 0 Å². The molecule has 0 fully saturated rings. The van der Waals surface area contributed by atoms with Crippen LogP contribution in [-0.4, -0.2) is 23.2 Å². The number of aryl methyl sites for hydroxylation is 1. The number of benzene rings is 2. The number of ether oxygens (including phenoxy) is 1. The molecule has 0 unspecified atom stereocenters. The summed E-state index contributed by atoms with van der Waals surface area (Å²) < 4.78 is 10.7. The molecule has 1 amide bonds. The van der Waals surface area contributed by atoms with Crippen molar-refractivity contribution in [3.63, 3.8) is 0 Å². The van der Waals surface area contributed by atoms with Crippen LogP contribution in [-0.2, 0) is 23.2 Å². The molecule has 0 saturated heterocycles. The highest BCUT2D eigenvalue weighted by atomic mass is 16.5. The van der Waals surface area contributed by atoms with Crippen LogP contribution in [0.3, 0.4) is 0 Å². The van der Waals surface area contributed by atoms with Crippen molar-refractivity contribution in [2.45, 2.75) is 52.0 Å². The lowest BCUT2D eigenvalue weighted by atomic mass is 9.96. The molecule has 2 aromatic carbocycles. The fourth-order valence-corrected chi connectivity index (χ4v) is 3.03. The highest BCUT2D eigenvalue weighted by molar-refractivity contribution is 5.88. The van der Waals surface area contributed by atoms with E-state index in [1.807, 2.05) is 51.1 Å². The molecule has 0 aliphatic carbocycles.